The van der Waals surface area contributed by atoms with Gasteiger partial charge in [0.15, 0.2) is 5.82 Å². The molecule has 0 atom stereocenters. The van der Waals surface area contributed by atoms with Gasteiger partial charge in [-0.3, -0.25) is 0 Å². The summed E-state index contributed by atoms with van der Waals surface area (Å²) in [4.78, 5) is 0. The van der Waals surface area contributed by atoms with E-state index in [4.69, 9.17) is 16.1 Å². The molecule has 0 aliphatic heterocycles. The van der Waals surface area contributed by atoms with Crippen molar-refractivity contribution >= 4 is 17.4 Å². The largest absolute Gasteiger partial charge is 0.363 e. The van der Waals surface area contributed by atoms with Crippen LogP contribution >= 0.6 is 11.6 Å². The first-order chi connectivity index (χ1) is 8.15. The maximum atomic E-state index is 5.82. The molecule has 17 heavy (non-hydrogen) atoms. The summed E-state index contributed by atoms with van der Waals surface area (Å²) in [5.41, 5.74) is 1.16. The van der Waals surface area contributed by atoms with Gasteiger partial charge in [0, 0.05) is 23.6 Å². The minimum Gasteiger partial charge on any atom is -0.363 e. The molecule has 0 saturated heterocycles. The maximum absolute atomic E-state index is 5.82. The number of aromatic nitrogens is 1. The average Bonchev–Trinajstić information content (AvgIpc) is 2.77. The van der Waals surface area contributed by atoms with E-state index in [2.05, 4.69) is 24.3 Å². The van der Waals surface area contributed by atoms with Crippen LogP contribution in [0.1, 0.15) is 31.1 Å². The van der Waals surface area contributed by atoms with Crippen molar-refractivity contribution in [1.82, 2.24) is 5.16 Å². The molecule has 1 N–H and O–H groups in total. The van der Waals surface area contributed by atoms with Crippen molar-refractivity contribution in [3.05, 3.63) is 46.7 Å². The number of nitrogens with zero attached hydrogens (tertiary/aromatic N) is 1. The van der Waals surface area contributed by atoms with Gasteiger partial charge in [-0.25, -0.2) is 0 Å². The zero-order chi connectivity index (χ0) is 12.3. The van der Waals surface area contributed by atoms with Crippen molar-refractivity contribution in [2.24, 2.45) is 0 Å². The van der Waals surface area contributed by atoms with Crippen LogP contribution in [-0.4, -0.2) is 5.16 Å². The topological polar surface area (TPSA) is 38.1 Å². The Labute approximate surface area is 106 Å². The average molecular weight is 251 g/mol. The summed E-state index contributed by atoms with van der Waals surface area (Å²) in [6, 6.07) is 9.65. The van der Waals surface area contributed by atoms with E-state index in [1.165, 1.54) is 0 Å². The molecule has 0 aliphatic rings. The van der Waals surface area contributed by atoms with Crippen molar-refractivity contribution in [1.29, 1.82) is 0 Å². The minimum atomic E-state index is 0.355. The molecule has 0 bridgehead atoms. The molecule has 0 aliphatic carbocycles. The van der Waals surface area contributed by atoms with Gasteiger partial charge < -0.3 is 9.84 Å². The van der Waals surface area contributed by atoms with Gasteiger partial charge in [-0.2, -0.15) is 0 Å². The van der Waals surface area contributed by atoms with E-state index in [0.29, 0.717) is 12.5 Å². The zero-order valence-electron chi connectivity index (χ0n) is 9.90. The third-order valence-electron chi connectivity index (χ3n) is 2.48. The van der Waals surface area contributed by atoms with Crippen molar-refractivity contribution in [2.45, 2.75) is 26.3 Å². The van der Waals surface area contributed by atoms with Crippen LogP contribution < -0.4 is 5.32 Å². The summed E-state index contributed by atoms with van der Waals surface area (Å²) in [7, 11) is 0. The lowest BCUT2D eigenvalue weighted by Gasteiger charge is -2.02. The highest BCUT2D eigenvalue weighted by Crippen LogP contribution is 2.18. The second-order valence-corrected chi connectivity index (χ2v) is 4.69. The fourth-order valence-electron chi connectivity index (χ4n) is 1.44. The SMILES string of the molecule is CC(C)c1cc(NCc2ccc(Cl)cc2)no1. The highest BCUT2D eigenvalue weighted by molar-refractivity contribution is 6.30. The van der Waals surface area contributed by atoms with Crippen LogP contribution in [0.2, 0.25) is 5.02 Å². The van der Waals surface area contributed by atoms with Crippen LogP contribution in [0.25, 0.3) is 0 Å². The lowest BCUT2D eigenvalue weighted by Crippen LogP contribution is -1.98. The lowest BCUT2D eigenvalue weighted by molar-refractivity contribution is 0.373. The van der Waals surface area contributed by atoms with E-state index >= 15 is 0 Å². The second kappa shape index (κ2) is 5.23. The number of hydrogen-bond donors (Lipinski definition) is 1. The first-order valence-corrected chi connectivity index (χ1v) is 5.98. The molecule has 0 radical (unpaired) electrons. The molecule has 0 saturated carbocycles. The molecule has 0 spiro atoms. The molecule has 3 nitrogen and oxygen atoms in total. The lowest BCUT2D eigenvalue weighted by atomic mass is 10.1. The molecule has 0 unspecified atom stereocenters. The van der Waals surface area contributed by atoms with Crippen LogP contribution in [0.15, 0.2) is 34.9 Å². The first kappa shape index (κ1) is 12.0. The second-order valence-electron chi connectivity index (χ2n) is 4.25. The fraction of sp³-hybridized carbons (Fsp3) is 0.308. The number of hydrogen-bond acceptors (Lipinski definition) is 3. The van der Waals surface area contributed by atoms with E-state index in [1.807, 2.05) is 30.3 Å². The first-order valence-electron chi connectivity index (χ1n) is 5.60. The number of nitrogens with one attached hydrogen (secondary N) is 1. The Bertz CT molecular complexity index is 476. The molecule has 90 valence electrons. The van der Waals surface area contributed by atoms with Gasteiger partial charge in [-0.05, 0) is 17.7 Å². The Morgan fingerprint density at radius 3 is 2.59 bits per heavy atom. The number of benzene rings is 1. The van der Waals surface area contributed by atoms with Gasteiger partial charge in [0.2, 0.25) is 0 Å². The highest BCUT2D eigenvalue weighted by atomic mass is 35.5. The Kier molecular flexibility index (Phi) is 3.69. The predicted octanol–water partition coefficient (Wildman–Crippen LogP) is 4.06. The molecule has 2 rings (SSSR count). The van der Waals surface area contributed by atoms with Crippen LogP contribution in [0, 0.1) is 0 Å². The number of halogens is 1. The number of anilines is 1. The van der Waals surface area contributed by atoms with Gasteiger partial charge in [-0.1, -0.05) is 42.7 Å². The Morgan fingerprint density at radius 1 is 1.29 bits per heavy atom. The summed E-state index contributed by atoms with van der Waals surface area (Å²) < 4.78 is 5.20. The quantitative estimate of drug-likeness (QED) is 0.889. The standard InChI is InChI=1S/C13H15ClN2O/c1-9(2)12-7-13(16-17-12)15-8-10-3-5-11(14)6-4-10/h3-7,9H,8H2,1-2H3,(H,15,16). The smallest absolute Gasteiger partial charge is 0.169 e. The predicted molar refractivity (Wildman–Crippen MR) is 69.4 cm³/mol. The summed E-state index contributed by atoms with van der Waals surface area (Å²) in [5.74, 6) is 2.01. The van der Waals surface area contributed by atoms with E-state index in [0.717, 1.165) is 22.2 Å². The van der Waals surface area contributed by atoms with E-state index in [-0.39, 0.29) is 0 Å². The molecule has 1 heterocycles. The molecular weight excluding hydrogens is 236 g/mol. The van der Waals surface area contributed by atoms with Crippen molar-refractivity contribution < 1.29 is 4.52 Å². The van der Waals surface area contributed by atoms with Crippen molar-refractivity contribution in [2.75, 3.05) is 5.32 Å². The third-order valence-corrected chi connectivity index (χ3v) is 2.74. The summed E-state index contributed by atoms with van der Waals surface area (Å²) in [5, 5.41) is 7.91. The van der Waals surface area contributed by atoms with Gasteiger partial charge in [-0.15, -0.1) is 0 Å². The molecular formula is C13H15ClN2O. The van der Waals surface area contributed by atoms with E-state index in [1.54, 1.807) is 0 Å². The van der Waals surface area contributed by atoms with Crippen LogP contribution in [0.5, 0.6) is 0 Å². The Hall–Kier alpha value is -1.48. The van der Waals surface area contributed by atoms with Crippen LogP contribution in [0.3, 0.4) is 0 Å². The van der Waals surface area contributed by atoms with Gasteiger partial charge >= 0.3 is 0 Å². The summed E-state index contributed by atoms with van der Waals surface area (Å²) in [6.07, 6.45) is 0. The monoisotopic (exact) mass is 250 g/mol. The molecule has 1 aromatic carbocycles. The number of rotatable bonds is 4. The maximum Gasteiger partial charge on any atom is 0.169 e. The Morgan fingerprint density at radius 2 is 2.00 bits per heavy atom. The molecule has 0 amide bonds. The minimum absolute atomic E-state index is 0.355. The van der Waals surface area contributed by atoms with E-state index in [9.17, 15) is 0 Å². The molecule has 0 fully saturated rings. The van der Waals surface area contributed by atoms with Gasteiger partial charge in [0.05, 0.1) is 0 Å². The fourth-order valence-corrected chi connectivity index (χ4v) is 1.57. The molecule has 2 aromatic rings. The van der Waals surface area contributed by atoms with Crippen molar-refractivity contribution in [3.63, 3.8) is 0 Å². The van der Waals surface area contributed by atoms with Crippen LogP contribution in [0.4, 0.5) is 5.82 Å². The van der Waals surface area contributed by atoms with Gasteiger partial charge in [0.1, 0.15) is 5.76 Å². The van der Waals surface area contributed by atoms with Gasteiger partial charge in [0.25, 0.3) is 0 Å². The third kappa shape index (κ3) is 3.24. The van der Waals surface area contributed by atoms with Crippen LogP contribution in [-0.2, 0) is 6.54 Å². The summed E-state index contributed by atoms with van der Waals surface area (Å²) >= 11 is 5.82. The molecule has 1 aromatic heterocycles. The van der Waals surface area contributed by atoms with E-state index < -0.39 is 0 Å². The normalized spacial score (nSPS) is 10.8. The Balaban J connectivity index is 1.95. The van der Waals surface area contributed by atoms with Crippen molar-refractivity contribution in [3.8, 4) is 0 Å². The summed E-state index contributed by atoms with van der Waals surface area (Å²) in [6.45, 7) is 4.86. The zero-order valence-corrected chi connectivity index (χ0v) is 10.7. The highest BCUT2D eigenvalue weighted by Gasteiger charge is 2.07. The molecule has 4 heteroatoms.